The van der Waals surface area contributed by atoms with Crippen LogP contribution in [0.25, 0.3) is 0 Å². The minimum absolute atomic E-state index is 0.00905. The van der Waals surface area contributed by atoms with Crippen molar-refractivity contribution in [1.29, 1.82) is 0 Å². The number of alkyl carbamates (subject to hydrolysis) is 1. The molecule has 2 N–H and O–H groups in total. The Kier molecular flexibility index (Phi) is 11.3. The number of benzene rings is 3. The van der Waals surface area contributed by atoms with Crippen LogP contribution >= 0.6 is 0 Å². The van der Waals surface area contributed by atoms with Crippen molar-refractivity contribution in [2.45, 2.75) is 57.7 Å². The maximum atomic E-state index is 13.5. The van der Waals surface area contributed by atoms with E-state index in [4.69, 9.17) is 9.47 Å². The molecule has 15 heteroatoms. The number of anilines is 1. The molecule has 0 spiro atoms. The van der Waals surface area contributed by atoms with E-state index in [1.165, 1.54) is 9.80 Å². The molecule has 3 aromatic rings. The lowest BCUT2D eigenvalue weighted by Crippen LogP contribution is -2.45. The van der Waals surface area contributed by atoms with E-state index in [2.05, 4.69) is 10.6 Å². The first-order valence-electron chi connectivity index (χ1n) is 15.3. The van der Waals surface area contributed by atoms with Gasteiger partial charge in [0.25, 0.3) is 0 Å². The first-order valence-corrected chi connectivity index (χ1v) is 15.3. The Morgan fingerprint density at radius 1 is 0.837 bits per heavy atom. The number of halogens is 6. The third-order valence-electron chi connectivity index (χ3n) is 7.22. The Morgan fingerprint density at radius 3 is 2.08 bits per heavy atom. The predicted octanol–water partition coefficient (Wildman–Crippen LogP) is 6.76. The number of nitrogens with one attached hydrogen (secondary N) is 2. The number of nitrogens with zero attached hydrogens (tertiary/aromatic N) is 2. The standard InChI is InChI=1S/C34H36F6N4O5/c1-32(2,3)49-31(47)42-25-12-13-43(19-25)30(46)21-44(26-8-7-11-28(17-26)48-27-9-5-4-6-10-27)20-29(45)41-18-22-14-23(33(35,36)37)16-24(15-22)34(38,39)40/h4-11,14-17,25H,12-13,18-21H2,1-3H3,(H,41,45)(H,42,47)/t25-/m0/s1. The van der Waals surface area contributed by atoms with Gasteiger partial charge < -0.3 is 29.9 Å². The highest BCUT2D eigenvalue weighted by Gasteiger charge is 2.37. The molecule has 3 aromatic carbocycles. The maximum Gasteiger partial charge on any atom is 0.416 e. The minimum Gasteiger partial charge on any atom is -0.457 e. The van der Waals surface area contributed by atoms with Crippen molar-refractivity contribution >= 4 is 23.6 Å². The normalized spacial score (nSPS) is 15.0. The van der Waals surface area contributed by atoms with Crippen LogP contribution in [0.2, 0.25) is 0 Å². The quantitative estimate of drug-likeness (QED) is 0.228. The lowest BCUT2D eigenvalue weighted by atomic mass is 10.0. The van der Waals surface area contributed by atoms with Gasteiger partial charge in [-0.15, -0.1) is 0 Å². The summed E-state index contributed by atoms with van der Waals surface area (Å²) in [6, 6.07) is 16.1. The fourth-order valence-electron chi connectivity index (χ4n) is 5.00. The molecule has 1 aliphatic heterocycles. The van der Waals surface area contributed by atoms with Gasteiger partial charge in [0.1, 0.15) is 17.1 Å². The average Bonchev–Trinajstić information content (AvgIpc) is 3.47. The van der Waals surface area contributed by atoms with E-state index in [1.54, 1.807) is 69.3 Å². The zero-order valence-corrected chi connectivity index (χ0v) is 27.0. The van der Waals surface area contributed by atoms with E-state index in [0.29, 0.717) is 42.3 Å². The molecule has 1 heterocycles. The van der Waals surface area contributed by atoms with Gasteiger partial charge in [0.2, 0.25) is 11.8 Å². The Labute approximate surface area is 279 Å². The Balaban J connectivity index is 1.50. The maximum absolute atomic E-state index is 13.5. The van der Waals surface area contributed by atoms with Crippen molar-refractivity contribution in [2.24, 2.45) is 0 Å². The number of alkyl halides is 6. The molecule has 0 unspecified atom stereocenters. The Hall–Kier alpha value is -4.95. The number of rotatable bonds is 10. The first-order chi connectivity index (χ1) is 22.9. The van der Waals surface area contributed by atoms with Crippen LogP contribution in [-0.2, 0) is 33.2 Å². The summed E-state index contributed by atoms with van der Waals surface area (Å²) in [7, 11) is 0. The number of carbonyl (C=O) groups excluding carboxylic acids is 3. The van der Waals surface area contributed by atoms with E-state index in [-0.39, 0.29) is 31.1 Å². The van der Waals surface area contributed by atoms with E-state index >= 15 is 0 Å². The van der Waals surface area contributed by atoms with Crippen LogP contribution in [-0.4, -0.2) is 60.6 Å². The highest BCUT2D eigenvalue weighted by Crippen LogP contribution is 2.36. The van der Waals surface area contributed by atoms with Gasteiger partial charge in [-0.1, -0.05) is 24.3 Å². The zero-order valence-electron chi connectivity index (χ0n) is 27.0. The second kappa shape index (κ2) is 15.1. The summed E-state index contributed by atoms with van der Waals surface area (Å²) < 4.78 is 91.2. The van der Waals surface area contributed by atoms with Crippen molar-refractivity contribution in [2.75, 3.05) is 31.1 Å². The van der Waals surface area contributed by atoms with E-state index in [9.17, 15) is 40.7 Å². The van der Waals surface area contributed by atoms with Crippen molar-refractivity contribution in [3.8, 4) is 11.5 Å². The van der Waals surface area contributed by atoms with Crippen LogP contribution in [0, 0.1) is 0 Å². The van der Waals surface area contributed by atoms with E-state index in [0.717, 1.165) is 0 Å². The molecule has 0 aliphatic carbocycles. The van der Waals surface area contributed by atoms with E-state index in [1.807, 2.05) is 6.07 Å². The number of ether oxygens (including phenoxy) is 2. The molecule has 1 atom stereocenters. The summed E-state index contributed by atoms with van der Waals surface area (Å²) >= 11 is 0. The molecule has 0 radical (unpaired) electrons. The summed E-state index contributed by atoms with van der Waals surface area (Å²) in [4.78, 5) is 41.7. The molecule has 4 rings (SSSR count). The largest absolute Gasteiger partial charge is 0.457 e. The molecule has 1 fully saturated rings. The summed E-state index contributed by atoms with van der Waals surface area (Å²) in [5, 5.41) is 5.10. The van der Waals surface area contributed by atoms with Crippen LogP contribution in [0.1, 0.15) is 43.9 Å². The van der Waals surface area contributed by atoms with Crippen LogP contribution in [0.5, 0.6) is 11.5 Å². The number of likely N-dealkylation sites (tertiary alicyclic amines) is 1. The van der Waals surface area contributed by atoms with Crippen molar-refractivity contribution in [1.82, 2.24) is 15.5 Å². The lowest BCUT2D eigenvalue weighted by molar-refractivity contribution is -0.143. The number of carbonyl (C=O) groups is 3. The van der Waals surface area contributed by atoms with Gasteiger partial charge in [-0.05, 0) is 75.2 Å². The van der Waals surface area contributed by atoms with Gasteiger partial charge >= 0.3 is 18.4 Å². The third-order valence-corrected chi connectivity index (χ3v) is 7.22. The summed E-state index contributed by atoms with van der Waals surface area (Å²) in [6.45, 7) is 4.25. The predicted molar refractivity (Wildman–Crippen MR) is 168 cm³/mol. The summed E-state index contributed by atoms with van der Waals surface area (Å²) in [6.07, 6.45) is -10.2. The highest BCUT2D eigenvalue weighted by molar-refractivity contribution is 5.87. The topological polar surface area (TPSA) is 100 Å². The monoisotopic (exact) mass is 694 g/mol. The van der Waals surface area contributed by atoms with E-state index < -0.39 is 59.7 Å². The van der Waals surface area contributed by atoms with Crippen molar-refractivity contribution in [3.05, 3.63) is 89.5 Å². The van der Waals surface area contributed by atoms with Gasteiger partial charge in [-0.3, -0.25) is 9.59 Å². The fourth-order valence-corrected chi connectivity index (χ4v) is 5.00. The smallest absolute Gasteiger partial charge is 0.416 e. The molecule has 1 aliphatic rings. The number of hydrogen-bond acceptors (Lipinski definition) is 6. The van der Waals surface area contributed by atoms with Crippen LogP contribution in [0.3, 0.4) is 0 Å². The Morgan fingerprint density at radius 2 is 1.47 bits per heavy atom. The number of amides is 3. The Bertz CT molecular complexity index is 1590. The SMILES string of the molecule is CC(C)(C)OC(=O)N[C@H]1CCN(C(=O)CN(CC(=O)NCc2cc(C(F)(F)F)cc(C(F)(F)F)c2)c2cccc(Oc3ccccc3)c2)C1. The lowest BCUT2D eigenvalue weighted by Gasteiger charge is -2.27. The molecule has 0 aromatic heterocycles. The summed E-state index contributed by atoms with van der Waals surface area (Å²) in [5.74, 6) is -0.240. The molecule has 9 nitrogen and oxygen atoms in total. The molecule has 0 bridgehead atoms. The molecular formula is C34H36F6N4O5. The van der Waals surface area contributed by atoms with Crippen molar-refractivity contribution < 1.29 is 50.2 Å². The zero-order chi connectivity index (χ0) is 36.0. The second-order valence-corrected chi connectivity index (χ2v) is 12.4. The number of para-hydroxylation sites is 1. The molecule has 49 heavy (non-hydrogen) atoms. The van der Waals surface area contributed by atoms with Gasteiger partial charge in [0.05, 0.1) is 30.3 Å². The van der Waals surface area contributed by atoms with Crippen LogP contribution in [0.4, 0.5) is 36.8 Å². The summed E-state index contributed by atoms with van der Waals surface area (Å²) in [5.41, 5.74) is -3.73. The van der Waals surface area contributed by atoms with Gasteiger partial charge in [-0.2, -0.15) is 26.3 Å². The molecule has 264 valence electrons. The first kappa shape index (κ1) is 36.9. The highest BCUT2D eigenvalue weighted by atomic mass is 19.4. The van der Waals surface area contributed by atoms with Gasteiger partial charge in [0, 0.05) is 31.4 Å². The van der Waals surface area contributed by atoms with Gasteiger partial charge in [-0.25, -0.2) is 4.79 Å². The molecule has 0 saturated carbocycles. The van der Waals surface area contributed by atoms with Crippen molar-refractivity contribution in [3.63, 3.8) is 0 Å². The van der Waals surface area contributed by atoms with Crippen LogP contribution < -0.4 is 20.3 Å². The fraction of sp³-hybridized carbons (Fsp3) is 0.382. The van der Waals surface area contributed by atoms with Gasteiger partial charge in [0.15, 0.2) is 0 Å². The number of hydrogen-bond donors (Lipinski definition) is 2. The molecular weight excluding hydrogens is 658 g/mol. The third kappa shape index (κ3) is 11.3. The molecule has 3 amide bonds. The van der Waals surface area contributed by atoms with Crippen LogP contribution in [0.15, 0.2) is 72.8 Å². The average molecular weight is 695 g/mol. The molecule has 1 saturated heterocycles. The minimum atomic E-state index is -5.04. The second-order valence-electron chi connectivity index (χ2n) is 12.4.